The SMILES string of the molecule is CC(C)c1ccccc1OCCc1nc(CN)cc(=O)[nH]1. The van der Waals surface area contributed by atoms with Gasteiger partial charge in [-0.1, -0.05) is 32.0 Å². The van der Waals surface area contributed by atoms with Gasteiger partial charge in [-0.05, 0) is 17.5 Å². The molecule has 0 aliphatic rings. The van der Waals surface area contributed by atoms with Gasteiger partial charge in [0, 0.05) is 19.0 Å². The van der Waals surface area contributed by atoms with E-state index in [1.165, 1.54) is 11.6 Å². The van der Waals surface area contributed by atoms with Crippen molar-refractivity contribution in [3.05, 3.63) is 57.8 Å². The number of hydrogen-bond donors (Lipinski definition) is 2. The fourth-order valence-corrected chi connectivity index (χ4v) is 2.13. The first-order valence-corrected chi connectivity index (χ1v) is 7.11. The summed E-state index contributed by atoms with van der Waals surface area (Å²) in [4.78, 5) is 18.4. The van der Waals surface area contributed by atoms with Crippen molar-refractivity contribution < 1.29 is 4.74 Å². The zero-order chi connectivity index (χ0) is 15.2. The van der Waals surface area contributed by atoms with E-state index >= 15 is 0 Å². The fraction of sp³-hybridized carbons (Fsp3) is 0.375. The average molecular weight is 287 g/mol. The molecule has 1 aromatic carbocycles. The molecule has 0 saturated carbocycles. The van der Waals surface area contributed by atoms with E-state index in [0.29, 0.717) is 30.5 Å². The summed E-state index contributed by atoms with van der Waals surface area (Å²) in [5.41, 5.74) is 7.11. The number of nitrogens with zero attached hydrogens (tertiary/aromatic N) is 1. The van der Waals surface area contributed by atoms with Crippen LogP contribution in [0.3, 0.4) is 0 Å². The molecular weight excluding hydrogens is 266 g/mol. The Morgan fingerprint density at radius 1 is 1.33 bits per heavy atom. The van der Waals surface area contributed by atoms with Crippen LogP contribution in [-0.4, -0.2) is 16.6 Å². The van der Waals surface area contributed by atoms with Gasteiger partial charge in [-0.25, -0.2) is 4.98 Å². The summed E-state index contributed by atoms with van der Waals surface area (Å²) in [7, 11) is 0. The number of aromatic amines is 1. The molecule has 21 heavy (non-hydrogen) atoms. The predicted molar refractivity (Wildman–Crippen MR) is 82.5 cm³/mol. The standard InChI is InChI=1S/C16H21N3O2/c1-11(2)13-5-3-4-6-14(13)21-8-7-15-18-12(10-17)9-16(20)19-15/h3-6,9,11H,7-8,10,17H2,1-2H3,(H,18,19,20). The highest BCUT2D eigenvalue weighted by Gasteiger charge is 2.07. The molecule has 2 rings (SSSR count). The number of aromatic nitrogens is 2. The van der Waals surface area contributed by atoms with Gasteiger partial charge in [-0.3, -0.25) is 4.79 Å². The lowest BCUT2D eigenvalue weighted by atomic mass is 10.0. The number of benzene rings is 1. The van der Waals surface area contributed by atoms with Crippen molar-refractivity contribution in [1.82, 2.24) is 9.97 Å². The Balaban J connectivity index is 2.02. The molecule has 0 spiro atoms. The summed E-state index contributed by atoms with van der Waals surface area (Å²) >= 11 is 0. The van der Waals surface area contributed by atoms with Gasteiger partial charge in [-0.15, -0.1) is 0 Å². The molecule has 0 saturated heterocycles. The molecule has 5 nitrogen and oxygen atoms in total. The van der Waals surface area contributed by atoms with E-state index in [2.05, 4.69) is 29.9 Å². The lowest BCUT2D eigenvalue weighted by Gasteiger charge is -2.13. The van der Waals surface area contributed by atoms with E-state index in [1.54, 1.807) is 0 Å². The Morgan fingerprint density at radius 3 is 2.81 bits per heavy atom. The van der Waals surface area contributed by atoms with Gasteiger partial charge in [0.1, 0.15) is 11.6 Å². The summed E-state index contributed by atoms with van der Waals surface area (Å²) in [5, 5.41) is 0. The third kappa shape index (κ3) is 4.16. The third-order valence-corrected chi connectivity index (χ3v) is 3.19. The van der Waals surface area contributed by atoms with Crippen LogP contribution in [0.15, 0.2) is 35.1 Å². The largest absolute Gasteiger partial charge is 0.493 e. The molecule has 0 radical (unpaired) electrons. The van der Waals surface area contributed by atoms with Gasteiger partial charge in [0.2, 0.25) is 0 Å². The normalized spacial score (nSPS) is 10.9. The van der Waals surface area contributed by atoms with Crippen LogP contribution in [0.25, 0.3) is 0 Å². The molecule has 0 aliphatic heterocycles. The highest BCUT2D eigenvalue weighted by molar-refractivity contribution is 5.35. The smallest absolute Gasteiger partial charge is 0.251 e. The molecule has 3 N–H and O–H groups in total. The Hall–Kier alpha value is -2.14. The zero-order valence-corrected chi connectivity index (χ0v) is 12.4. The first-order valence-electron chi connectivity index (χ1n) is 7.11. The highest BCUT2D eigenvalue weighted by atomic mass is 16.5. The van der Waals surface area contributed by atoms with Gasteiger partial charge < -0.3 is 15.5 Å². The third-order valence-electron chi connectivity index (χ3n) is 3.19. The van der Waals surface area contributed by atoms with E-state index in [-0.39, 0.29) is 12.1 Å². The average Bonchev–Trinajstić information content (AvgIpc) is 2.47. The van der Waals surface area contributed by atoms with E-state index < -0.39 is 0 Å². The van der Waals surface area contributed by atoms with Crippen molar-refractivity contribution in [2.24, 2.45) is 5.73 Å². The van der Waals surface area contributed by atoms with Crippen molar-refractivity contribution in [2.45, 2.75) is 32.7 Å². The molecule has 112 valence electrons. The molecule has 0 amide bonds. The van der Waals surface area contributed by atoms with E-state index in [4.69, 9.17) is 10.5 Å². The number of H-pyrrole nitrogens is 1. The quantitative estimate of drug-likeness (QED) is 0.851. The first-order chi connectivity index (χ1) is 10.1. The fourth-order valence-electron chi connectivity index (χ4n) is 2.13. The van der Waals surface area contributed by atoms with Crippen LogP contribution in [0.5, 0.6) is 5.75 Å². The maximum absolute atomic E-state index is 11.5. The minimum atomic E-state index is -0.178. The number of rotatable bonds is 6. The van der Waals surface area contributed by atoms with Gasteiger partial charge in [0.15, 0.2) is 0 Å². The van der Waals surface area contributed by atoms with Gasteiger partial charge >= 0.3 is 0 Å². The van der Waals surface area contributed by atoms with E-state index in [1.807, 2.05) is 18.2 Å². The zero-order valence-electron chi connectivity index (χ0n) is 12.4. The van der Waals surface area contributed by atoms with Crippen LogP contribution >= 0.6 is 0 Å². The molecule has 0 aliphatic carbocycles. The first kappa shape index (κ1) is 15.3. The van der Waals surface area contributed by atoms with Crippen LogP contribution in [0, 0.1) is 0 Å². The Labute approximate surface area is 124 Å². The Morgan fingerprint density at radius 2 is 2.10 bits per heavy atom. The van der Waals surface area contributed by atoms with E-state index in [0.717, 1.165) is 5.75 Å². The minimum Gasteiger partial charge on any atom is -0.493 e. The maximum atomic E-state index is 11.5. The highest BCUT2D eigenvalue weighted by Crippen LogP contribution is 2.25. The van der Waals surface area contributed by atoms with Crippen molar-refractivity contribution in [1.29, 1.82) is 0 Å². The van der Waals surface area contributed by atoms with Crippen LogP contribution in [0.4, 0.5) is 0 Å². The van der Waals surface area contributed by atoms with Crippen LogP contribution < -0.4 is 16.0 Å². The van der Waals surface area contributed by atoms with E-state index in [9.17, 15) is 4.79 Å². The molecule has 1 aromatic heterocycles. The van der Waals surface area contributed by atoms with Gasteiger partial charge in [0.25, 0.3) is 5.56 Å². The number of nitrogens with two attached hydrogens (primary N) is 1. The molecule has 0 atom stereocenters. The molecule has 1 heterocycles. The Kier molecular flexibility index (Phi) is 5.11. The van der Waals surface area contributed by atoms with Crippen LogP contribution in [0.1, 0.15) is 36.8 Å². The number of ether oxygens (including phenoxy) is 1. The molecule has 5 heteroatoms. The minimum absolute atomic E-state index is 0.178. The summed E-state index contributed by atoms with van der Waals surface area (Å²) in [6.45, 7) is 4.98. The van der Waals surface area contributed by atoms with Gasteiger partial charge in [0.05, 0.1) is 12.3 Å². The Bertz CT molecular complexity index is 650. The predicted octanol–water partition coefficient (Wildman–Crippen LogP) is 1.97. The van der Waals surface area contributed by atoms with Crippen molar-refractivity contribution in [3.8, 4) is 5.75 Å². The molecule has 2 aromatic rings. The summed E-state index contributed by atoms with van der Waals surface area (Å²) in [5.74, 6) is 1.88. The molecule has 0 unspecified atom stereocenters. The topological polar surface area (TPSA) is 81.0 Å². The lowest BCUT2D eigenvalue weighted by Crippen LogP contribution is -2.16. The van der Waals surface area contributed by atoms with Crippen molar-refractivity contribution in [3.63, 3.8) is 0 Å². The molecular formula is C16H21N3O2. The maximum Gasteiger partial charge on any atom is 0.251 e. The van der Waals surface area contributed by atoms with Crippen molar-refractivity contribution >= 4 is 0 Å². The lowest BCUT2D eigenvalue weighted by molar-refractivity contribution is 0.314. The summed E-state index contributed by atoms with van der Waals surface area (Å²) in [6, 6.07) is 9.40. The van der Waals surface area contributed by atoms with Gasteiger partial charge in [-0.2, -0.15) is 0 Å². The number of para-hydroxylation sites is 1. The number of nitrogens with one attached hydrogen (secondary N) is 1. The van der Waals surface area contributed by atoms with Crippen LogP contribution in [0.2, 0.25) is 0 Å². The second kappa shape index (κ2) is 7.04. The summed E-state index contributed by atoms with van der Waals surface area (Å²) in [6.07, 6.45) is 0.537. The second-order valence-corrected chi connectivity index (χ2v) is 5.18. The molecule has 0 bridgehead atoms. The summed E-state index contributed by atoms with van der Waals surface area (Å²) < 4.78 is 5.82. The second-order valence-electron chi connectivity index (χ2n) is 5.18. The molecule has 0 fully saturated rings. The number of hydrogen-bond acceptors (Lipinski definition) is 4. The van der Waals surface area contributed by atoms with Crippen LogP contribution in [-0.2, 0) is 13.0 Å². The monoisotopic (exact) mass is 287 g/mol. The van der Waals surface area contributed by atoms with Crippen molar-refractivity contribution in [2.75, 3.05) is 6.61 Å².